The van der Waals surface area contributed by atoms with Crippen molar-refractivity contribution in [2.45, 2.75) is 24.8 Å². The van der Waals surface area contributed by atoms with Gasteiger partial charge in [0.2, 0.25) is 10.0 Å². The first-order valence-electron chi connectivity index (χ1n) is 5.38. The predicted octanol–water partition coefficient (Wildman–Crippen LogP) is 0.972. The molecule has 0 spiro atoms. The first kappa shape index (κ1) is 14.0. The molecule has 0 heterocycles. The zero-order valence-corrected chi connectivity index (χ0v) is 10.8. The van der Waals surface area contributed by atoms with Crippen molar-refractivity contribution in [1.82, 2.24) is 4.72 Å². The zero-order chi connectivity index (χ0) is 12.9. The lowest BCUT2D eigenvalue weighted by molar-refractivity contribution is 0.0834. The summed E-state index contributed by atoms with van der Waals surface area (Å²) in [6.45, 7) is 4.40. The summed E-state index contributed by atoms with van der Waals surface area (Å²) in [7, 11) is -3.46. The molecular formula is C11H18N2O3S. The quantitative estimate of drug-likeness (QED) is 0.588. The number of nitrogen functional groups attached to an aromatic ring is 1. The molecule has 0 aliphatic carbocycles. The monoisotopic (exact) mass is 258 g/mol. The van der Waals surface area contributed by atoms with Gasteiger partial charge in [0.05, 0.1) is 17.6 Å². The van der Waals surface area contributed by atoms with Gasteiger partial charge in [-0.3, -0.25) is 0 Å². The van der Waals surface area contributed by atoms with Crippen LogP contribution in [0.2, 0.25) is 0 Å². The van der Waals surface area contributed by atoms with Gasteiger partial charge in [0.1, 0.15) is 0 Å². The fourth-order valence-corrected chi connectivity index (χ4v) is 2.21. The van der Waals surface area contributed by atoms with Crippen LogP contribution in [0.3, 0.4) is 0 Å². The maximum Gasteiger partial charge on any atom is 0.240 e. The predicted molar refractivity (Wildman–Crippen MR) is 67.1 cm³/mol. The fraction of sp³-hybridized carbons (Fsp3) is 0.455. The minimum absolute atomic E-state index is 0.0935. The number of anilines is 1. The maximum atomic E-state index is 11.8. The first-order chi connectivity index (χ1) is 7.92. The number of nitrogens with two attached hydrogens (primary N) is 1. The molecule has 1 aromatic carbocycles. The zero-order valence-electron chi connectivity index (χ0n) is 10.0. The summed E-state index contributed by atoms with van der Waals surface area (Å²) >= 11 is 0. The molecule has 0 atom stereocenters. The summed E-state index contributed by atoms with van der Waals surface area (Å²) in [4.78, 5) is 0.205. The average Bonchev–Trinajstić information content (AvgIpc) is 2.25. The van der Waals surface area contributed by atoms with Crippen molar-refractivity contribution in [2.24, 2.45) is 0 Å². The SMILES string of the molecule is CC(C)OCCNS(=O)(=O)c1ccc(N)cc1. The van der Waals surface area contributed by atoms with Crippen LogP contribution >= 0.6 is 0 Å². The molecule has 6 heteroatoms. The molecule has 0 aromatic heterocycles. The Morgan fingerprint density at radius 2 is 1.88 bits per heavy atom. The minimum Gasteiger partial charge on any atom is -0.399 e. The topological polar surface area (TPSA) is 81.4 Å². The molecule has 0 unspecified atom stereocenters. The number of nitrogens with one attached hydrogen (secondary N) is 1. The third-order valence-electron chi connectivity index (χ3n) is 2.04. The Morgan fingerprint density at radius 3 is 2.41 bits per heavy atom. The van der Waals surface area contributed by atoms with Crippen LogP contribution < -0.4 is 10.5 Å². The Balaban J connectivity index is 2.54. The number of ether oxygens (including phenoxy) is 1. The van der Waals surface area contributed by atoms with Crippen LogP contribution in [-0.2, 0) is 14.8 Å². The van der Waals surface area contributed by atoms with E-state index in [9.17, 15) is 8.42 Å². The van der Waals surface area contributed by atoms with Crippen LogP contribution in [0.4, 0.5) is 5.69 Å². The highest BCUT2D eigenvalue weighted by molar-refractivity contribution is 7.89. The van der Waals surface area contributed by atoms with Gasteiger partial charge in [-0.2, -0.15) is 0 Å². The summed E-state index contributed by atoms with van der Waals surface area (Å²) in [5.41, 5.74) is 6.02. The number of benzene rings is 1. The lowest BCUT2D eigenvalue weighted by Gasteiger charge is -2.09. The van der Waals surface area contributed by atoms with Crippen LogP contribution in [0.15, 0.2) is 29.2 Å². The molecule has 96 valence electrons. The molecule has 5 nitrogen and oxygen atoms in total. The van der Waals surface area contributed by atoms with Crippen molar-refractivity contribution in [2.75, 3.05) is 18.9 Å². The molecule has 0 radical (unpaired) electrons. The van der Waals surface area contributed by atoms with Gasteiger partial charge in [0, 0.05) is 12.2 Å². The highest BCUT2D eigenvalue weighted by Crippen LogP contribution is 2.10. The van der Waals surface area contributed by atoms with Crippen LogP contribution in [-0.4, -0.2) is 27.7 Å². The molecule has 17 heavy (non-hydrogen) atoms. The summed E-state index contributed by atoms with van der Waals surface area (Å²) in [6.07, 6.45) is 0.0935. The van der Waals surface area contributed by atoms with E-state index in [1.165, 1.54) is 12.1 Å². The van der Waals surface area contributed by atoms with Crippen LogP contribution in [0.25, 0.3) is 0 Å². The second-order valence-electron chi connectivity index (χ2n) is 3.89. The number of hydrogen-bond donors (Lipinski definition) is 2. The Labute approximate surface area is 102 Å². The van der Waals surface area contributed by atoms with E-state index in [1.54, 1.807) is 12.1 Å². The lowest BCUT2D eigenvalue weighted by atomic mass is 10.3. The van der Waals surface area contributed by atoms with E-state index in [-0.39, 0.29) is 17.5 Å². The van der Waals surface area contributed by atoms with E-state index in [2.05, 4.69) is 4.72 Å². The van der Waals surface area contributed by atoms with Crippen molar-refractivity contribution in [1.29, 1.82) is 0 Å². The molecule has 0 saturated carbocycles. The summed E-state index contributed by atoms with van der Waals surface area (Å²) in [5, 5.41) is 0. The third kappa shape index (κ3) is 4.72. The van der Waals surface area contributed by atoms with E-state index in [1.807, 2.05) is 13.8 Å². The molecule has 0 aliphatic rings. The minimum atomic E-state index is -3.46. The van der Waals surface area contributed by atoms with Crippen molar-refractivity contribution in [3.63, 3.8) is 0 Å². The lowest BCUT2D eigenvalue weighted by Crippen LogP contribution is -2.28. The van der Waals surface area contributed by atoms with E-state index >= 15 is 0 Å². The highest BCUT2D eigenvalue weighted by atomic mass is 32.2. The van der Waals surface area contributed by atoms with Gasteiger partial charge < -0.3 is 10.5 Å². The molecule has 0 aliphatic heterocycles. The van der Waals surface area contributed by atoms with Crippen LogP contribution in [0.1, 0.15) is 13.8 Å². The molecule has 0 bridgehead atoms. The largest absolute Gasteiger partial charge is 0.399 e. The average molecular weight is 258 g/mol. The second kappa shape index (κ2) is 6.00. The van der Waals surface area contributed by atoms with Gasteiger partial charge in [-0.25, -0.2) is 13.1 Å². The third-order valence-corrected chi connectivity index (χ3v) is 3.51. The van der Waals surface area contributed by atoms with E-state index in [0.29, 0.717) is 12.3 Å². The number of hydrogen-bond acceptors (Lipinski definition) is 4. The highest BCUT2D eigenvalue weighted by Gasteiger charge is 2.12. The van der Waals surface area contributed by atoms with Crippen molar-refractivity contribution in [3.8, 4) is 0 Å². The number of rotatable bonds is 6. The normalized spacial score (nSPS) is 11.9. The van der Waals surface area contributed by atoms with Crippen molar-refractivity contribution >= 4 is 15.7 Å². The molecular weight excluding hydrogens is 240 g/mol. The van der Waals surface area contributed by atoms with Gasteiger partial charge in [-0.15, -0.1) is 0 Å². The van der Waals surface area contributed by atoms with E-state index < -0.39 is 10.0 Å². The Kier molecular flexibility index (Phi) is 4.92. The van der Waals surface area contributed by atoms with Gasteiger partial charge in [-0.05, 0) is 38.1 Å². The standard InChI is InChI=1S/C11H18N2O3S/c1-9(2)16-8-7-13-17(14,15)11-5-3-10(12)4-6-11/h3-6,9,13H,7-8,12H2,1-2H3. The van der Waals surface area contributed by atoms with Crippen LogP contribution in [0, 0.1) is 0 Å². The summed E-state index contributed by atoms with van der Waals surface area (Å²) in [6, 6.07) is 6.06. The van der Waals surface area contributed by atoms with E-state index in [4.69, 9.17) is 10.5 Å². The van der Waals surface area contributed by atoms with Gasteiger partial charge in [-0.1, -0.05) is 0 Å². The Morgan fingerprint density at radius 1 is 1.29 bits per heavy atom. The van der Waals surface area contributed by atoms with Crippen molar-refractivity contribution < 1.29 is 13.2 Å². The van der Waals surface area contributed by atoms with E-state index in [0.717, 1.165) is 0 Å². The van der Waals surface area contributed by atoms with Crippen molar-refractivity contribution in [3.05, 3.63) is 24.3 Å². The van der Waals surface area contributed by atoms with Gasteiger partial charge in [0.25, 0.3) is 0 Å². The second-order valence-corrected chi connectivity index (χ2v) is 5.65. The Hall–Kier alpha value is -1.11. The van der Waals surface area contributed by atoms with Gasteiger partial charge >= 0.3 is 0 Å². The van der Waals surface area contributed by atoms with Gasteiger partial charge in [0.15, 0.2) is 0 Å². The molecule has 0 amide bonds. The molecule has 0 fully saturated rings. The van der Waals surface area contributed by atoms with Crippen LogP contribution in [0.5, 0.6) is 0 Å². The summed E-state index contributed by atoms with van der Waals surface area (Å²) < 4.78 is 31.3. The molecule has 3 N–H and O–H groups in total. The molecule has 0 saturated heterocycles. The summed E-state index contributed by atoms with van der Waals surface area (Å²) in [5.74, 6) is 0. The Bertz CT molecular complexity index is 440. The fourth-order valence-electron chi connectivity index (χ4n) is 1.20. The number of sulfonamides is 1. The maximum absolute atomic E-state index is 11.8. The molecule has 1 aromatic rings. The molecule has 1 rings (SSSR count). The smallest absolute Gasteiger partial charge is 0.240 e. The first-order valence-corrected chi connectivity index (χ1v) is 6.87.